The molecule has 138 valence electrons. The van der Waals surface area contributed by atoms with Gasteiger partial charge in [-0.15, -0.1) is 11.3 Å². The van der Waals surface area contributed by atoms with E-state index in [1.807, 2.05) is 17.5 Å². The van der Waals surface area contributed by atoms with Gasteiger partial charge in [-0.05, 0) is 24.3 Å². The minimum absolute atomic E-state index is 0.176. The number of amides is 3. The molecule has 1 aromatic heterocycles. The maximum Gasteiger partial charge on any atom is 0.254 e. The van der Waals surface area contributed by atoms with E-state index in [1.165, 1.54) is 11.8 Å². The van der Waals surface area contributed by atoms with Crippen molar-refractivity contribution in [2.24, 2.45) is 0 Å². The average Bonchev–Trinajstić information content (AvgIpc) is 3.24. The van der Waals surface area contributed by atoms with Crippen LogP contribution in [0.25, 0.3) is 0 Å². The number of likely N-dealkylation sites (tertiary alicyclic amines) is 1. The lowest BCUT2D eigenvalue weighted by Gasteiger charge is -2.23. The molecule has 0 unspecified atom stereocenters. The van der Waals surface area contributed by atoms with Gasteiger partial charge in [0.1, 0.15) is 0 Å². The van der Waals surface area contributed by atoms with Crippen LogP contribution in [0.1, 0.15) is 18.2 Å². The third-order valence-corrected chi connectivity index (χ3v) is 4.91. The summed E-state index contributed by atoms with van der Waals surface area (Å²) >= 11 is 1.56. The van der Waals surface area contributed by atoms with Gasteiger partial charge < -0.3 is 25.7 Å². The van der Waals surface area contributed by atoms with Crippen LogP contribution in [0.4, 0.5) is 0 Å². The van der Waals surface area contributed by atoms with Crippen molar-refractivity contribution in [2.45, 2.75) is 38.0 Å². The number of aliphatic hydroxyl groups excluding tert-OH is 2. The fourth-order valence-corrected chi connectivity index (χ4v) is 3.41. The zero-order valence-electron chi connectivity index (χ0n) is 14.0. The summed E-state index contributed by atoms with van der Waals surface area (Å²) in [5, 5.41) is 27.0. The first kappa shape index (κ1) is 19.4. The molecule has 2 heterocycles. The Morgan fingerprint density at radius 3 is 2.76 bits per heavy atom. The van der Waals surface area contributed by atoms with Gasteiger partial charge in [-0.3, -0.25) is 14.4 Å². The summed E-state index contributed by atoms with van der Waals surface area (Å²) in [4.78, 5) is 37.6. The minimum atomic E-state index is -1.82. The monoisotopic (exact) mass is 369 g/mol. The number of hydrogen-bond acceptors (Lipinski definition) is 6. The van der Waals surface area contributed by atoms with Crippen molar-refractivity contribution in [2.75, 3.05) is 19.6 Å². The fraction of sp³-hybridized carbons (Fsp3) is 0.562. The number of rotatable bonds is 7. The van der Waals surface area contributed by atoms with Crippen molar-refractivity contribution in [3.63, 3.8) is 0 Å². The zero-order valence-corrected chi connectivity index (χ0v) is 14.8. The normalized spacial score (nSPS) is 19.3. The van der Waals surface area contributed by atoms with Crippen molar-refractivity contribution in [3.05, 3.63) is 22.4 Å². The van der Waals surface area contributed by atoms with Gasteiger partial charge in [0.2, 0.25) is 5.91 Å². The highest BCUT2D eigenvalue weighted by Crippen LogP contribution is 2.12. The van der Waals surface area contributed by atoms with Crippen molar-refractivity contribution in [1.29, 1.82) is 0 Å². The van der Waals surface area contributed by atoms with Gasteiger partial charge in [-0.1, -0.05) is 6.07 Å². The second-order valence-electron chi connectivity index (χ2n) is 5.98. The Hall–Kier alpha value is -1.97. The molecule has 25 heavy (non-hydrogen) atoms. The SMILES string of the molecule is CC(=O)N[C@@H]1CCN(C(=O)[C@H](O)[C@@H](O)C(=O)NCCc2cccs2)C1. The Morgan fingerprint density at radius 2 is 2.12 bits per heavy atom. The molecule has 0 spiro atoms. The highest BCUT2D eigenvalue weighted by atomic mass is 32.1. The highest BCUT2D eigenvalue weighted by molar-refractivity contribution is 7.09. The van der Waals surface area contributed by atoms with Crippen molar-refractivity contribution in [3.8, 4) is 0 Å². The summed E-state index contributed by atoms with van der Waals surface area (Å²) in [5.41, 5.74) is 0. The van der Waals surface area contributed by atoms with E-state index < -0.39 is 24.0 Å². The second kappa shape index (κ2) is 8.93. The molecule has 0 saturated carbocycles. The summed E-state index contributed by atoms with van der Waals surface area (Å²) in [7, 11) is 0. The Kier molecular flexibility index (Phi) is 6.91. The summed E-state index contributed by atoms with van der Waals surface area (Å²) in [5.74, 6) is -1.69. The summed E-state index contributed by atoms with van der Waals surface area (Å²) in [6, 6.07) is 3.67. The van der Waals surface area contributed by atoms with Gasteiger partial charge in [0.25, 0.3) is 11.8 Å². The zero-order chi connectivity index (χ0) is 18.4. The molecule has 0 aromatic carbocycles. The predicted octanol–water partition coefficient (Wildman–Crippen LogP) is -1.13. The van der Waals surface area contributed by atoms with E-state index in [0.29, 0.717) is 25.9 Å². The molecule has 1 aliphatic rings. The van der Waals surface area contributed by atoms with Gasteiger partial charge in [-0.25, -0.2) is 0 Å². The molecule has 4 N–H and O–H groups in total. The van der Waals surface area contributed by atoms with Gasteiger partial charge in [-0.2, -0.15) is 0 Å². The number of hydrogen-bond donors (Lipinski definition) is 4. The Balaban J connectivity index is 1.77. The average molecular weight is 369 g/mol. The van der Waals surface area contributed by atoms with Crippen LogP contribution in [0.5, 0.6) is 0 Å². The summed E-state index contributed by atoms with van der Waals surface area (Å²) in [6.45, 7) is 2.31. The maximum atomic E-state index is 12.2. The molecule has 1 aliphatic heterocycles. The standard InChI is InChI=1S/C16H23N3O5S/c1-10(20)18-11-5-7-19(9-11)16(24)14(22)13(21)15(23)17-6-4-12-3-2-8-25-12/h2-3,8,11,13-14,21-22H,4-7,9H2,1H3,(H,17,23)(H,18,20)/t11-,13-,14-/m1/s1. The first-order valence-electron chi connectivity index (χ1n) is 8.10. The molecule has 0 bridgehead atoms. The molecule has 3 amide bonds. The topological polar surface area (TPSA) is 119 Å². The van der Waals surface area contributed by atoms with E-state index >= 15 is 0 Å². The maximum absolute atomic E-state index is 12.2. The van der Waals surface area contributed by atoms with Crippen LogP contribution in [0, 0.1) is 0 Å². The number of aliphatic hydroxyl groups is 2. The van der Waals surface area contributed by atoms with Crippen LogP contribution in [0.2, 0.25) is 0 Å². The fourth-order valence-electron chi connectivity index (χ4n) is 2.70. The molecular weight excluding hydrogens is 346 g/mol. The molecule has 2 rings (SSSR count). The van der Waals surface area contributed by atoms with Crippen molar-refractivity contribution < 1.29 is 24.6 Å². The number of nitrogens with one attached hydrogen (secondary N) is 2. The lowest BCUT2D eigenvalue weighted by molar-refractivity contribution is -0.152. The van der Waals surface area contributed by atoms with Crippen molar-refractivity contribution >= 4 is 29.1 Å². The molecule has 1 aromatic rings. The first-order chi connectivity index (χ1) is 11.9. The molecule has 8 nitrogen and oxygen atoms in total. The second-order valence-corrected chi connectivity index (χ2v) is 7.01. The van der Waals surface area contributed by atoms with Crippen LogP contribution < -0.4 is 10.6 Å². The van der Waals surface area contributed by atoms with Gasteiger partial charge in [0, 0.05) is 37.5 Å². The molecule has 3 atom stereocenters. The van der Waals surface area contributed by atoms with E-state index in [-0.39, 0.29) is 18.5 Å². The molecule has 1 fully saturated rings. The molecule has 0 radical (unpaired) electrons. The molecule has 0 aliphatic carbocycles. The number of thiophene rings is 1. The van der Waals surface area contributed by atoms with Crippen LogP contribution in [0.3, 0.4) is 0 Å². The molecule has 9 heteroatoms. The Morgan fingerprint density at radius 1 is 1.36 bits per heavy atom. The smallest absolute Gasteiger partial charge is 0.254 e. The summed E-state index contributed by atoms with van der Waals surface area (Å²) < 4.78 is 0. The van der Waals surface area contributed by atoms with Crippen LogP contribution in [0.15, 0.2) is 17.5 Å². The van der Waals surface area contributed by atoms with Gasteiger partial charge >= 0.3 is 0 Å². The van der Waals surface area contributed by atoms with E-state index in [2.05, 4.69) is 10.6 Å². The number of nitrogens with zero attached hydrogens (tertiary/aromatic N) is 1. The lowest BCUT2D eigenvalue weighted by Crippen LogP contribution is -2.51. The van der Waals surface area contributed by atoms with Crippen LogP contribution in [-0.2, 0) is 20.8 Å². The van der Waals surface area contributed by atoms with E-state index in [4.69, 9.17) is 0 Å². The Bertz CT molecular complexity index is 607. The van der Waals surface area contributed by atoms with Gasteiger partial charge in [0.15, 0.2) is 12.2 Å². The van der Waals surface area contributed by atoms with Crippen molar-refractivity contribution in [1.82, 2.24) is 15.5 Å². The lowest BCUT2D eigenvalue weighted by atomic mass is 10.1. The third-order valence-electron chi connectivity index (χ3n) is 3.98. The van der Waals surface area contributed by atoms with E-state index in [1.54, 1.807) is 11.3 Å². The summed E-state index contributed by atoms with van der Waals surface area (Å²) in [6.07, 6.45) is -2.46. The van der Waals surface area contributed by atoms with Gasteiger partial charge in [0.05, 0.1) is 0 Å². The number of carbonyl (C=O) groups excluding carboxylic acids is 3. The highest BCUT2D eigenvalue weighted by Gasteiger charge is 2.36. The van der Waals surface area contributed by atoms with Crippen LogP contribution in [-0.4, -0.2) is 70.7 Å². The quantitative estimate of drug-likeness (QED) is 0.485. The number of carbonyl (C=O) groups is 3. The van der Waals surface area contributed by atoms with E-state index in [0.717, 1.165) is 4.88 Å². The minimum Gasteiger partial charge on any atom is -0.380 e. The van der Waals surface area contributed by atoms with Crippen LogP contribution >= 0.6 is 11.3 Å². The predicted molar refractivity (Wildman–Crippen MR) is 91.8 cm³/mol. The molecule has 1 saturated heterocycles. The largest absolute Gasteiger partial charge is 0.380 e. The van der Waals surface area contributed by atoms with E-state index in [9.17, 15) is 24.6 Å². The third kappa shape index (κ3) is 5.52. The Labute approximate surface area is 149 Å². The first-order valence-corrected chi connectivity index (χ1v) is 8.98. The molecular formula is C16H23N3O5S.